The van der Waals surface area contributed by atoms with E-state index in [1.165, 1.54) is 10.7 Å². The average molecular weight is 465 g/mol. The second-order valence-corrected chi connectivity index (χ2v) is 8.08. The van der Waals surface area contributed by atoms with Crippen molar-refractivity contribution in [1.29, 1.82) is 0 Å². The Labute approximate surface area is 195 Å². The lowest BCUT2D eigenvalue weighted by Gasteiger charge is -2.20. The first-order valence-electron chi connectivity index (χ1n) is 10.9. The number of nitrogens with two attached hydrogens (primary N) is 2. The highest BCUT2D eigenvalue weighted by atomic mass is 19.1. The van der Waals surface area contributed by atoms with E-state index in [9.17, 15) is 0 Å². The number of nitrogens with zero attached hydrogens (tertiary/aromatic N) is 4. The van der Waals surface area contributed by atoms with Crippen LogP contribution in [0, 0.1) is 0 Å². The van der Waals surface area contributed by atoms with Crippen molar-refractivity contribution in [2.45, 2.75) is 37.7 Å². The van der Waals surface area contributed by atoms with Gasteiger partial charge in [-0.05, 0) is 11.1 Å². The number of alkyl halides is 1. The van der Waals surface area contributed by atoms with Crippen molar-refractivity contribution >= 4 is 17.4 Å². The number of rotatable bonds is 8. The van der Waals surface area contributed by atoms with Gasteiger partial charge in [0.1, 0.15) is 18.3 Å². The van der Waals surface area contributed by atoms with E-state index in [1.807, 2.05) is 60.7 Å². The van der Waals surface area contributed by atoms with Gasteiger partial charge in [-0.15, -0.1) is 5.10 Å². The van der Waals surface area contributed by atoms with Crippen LogP contribution < -0.4 is 11.5 Å². The third-order valence-electron chi connectivity index (χ3n) is 5.69. The Hall–Kier alpha value is -3.60. The molecule has 0 bridgehead atoms. The topological polar surface area (TPSA) is 123 Å². The summed E-state index contributed by atoms with van der Waals surface area (Å²) in [5.41, 5.74) is 14.3. The Morgan fingerprint density at radius 1 is 0.971 bits per heavy atom. The molecule has 1 aliphatic heterocycles. The Bertz CT molecular complexity index is 1240. The van der Waals surface area contributed by atoms with Crippen molar-refractivity contribution < 1.29 is 18.6 Å². The van der Waals surface area contributed by atoms with Crippen LogP contribution in [0.4, 0.5) is 16.2 Å². The highest BCUT2D eigenvalue weighted by Crippen LogP contribution is 2.38. The van der Waals surface area contributed by atoms with Crippen LogP contribution in [0.2, 0.25) is 0 Å². The van der Waals surface area contributed by atoms with Crippen LogP contribution in [0.3, 0.4) is 0 Å². The molecule has 3 heterocycles. The summed E-state index contributed by atoms with van der Waals surface area (Å²) in [6.07, 6.45) is -2.52. The Morgan fingerprint density at radius 2 is 1.65 bits per heavy atom. The molecule has 2 aromatic heterocycles. The van der Waals surface area contributed by atoms with Gasteiger partial charge in [0.15, 0.2) is 17.6 Å². The summed E-state index contributed by atoms with van der Waals surface area (Å²) in [4.78, 5) is 8.13. The second kappa shape index (κ2) is 9.72. The van der Waals surface area contributed by atoms with Crippen molar-refractivity contribution in [3.63, 3.8) is 0 Å². The Kier molecular flexibility index (Phi) is 6.35. The Balaban J connectivity index is 1.36. The van der Waals surface area contributed by atoms with Gasteiger partial charge in [0.2, 0.25) is 5.95 Å². The SMILES string of the molecule is Nc1nc(N)c2ncc([C@@H]3O[C@H](COCc4ccccc4)[C@@H](OCc4ccccc4)[C@H]3F)n2n1. The quantitative estimate of drug-likeness (QED) is 0.408. The molecule has 1 fully saturated rings. The molecule has 0 radical (unpaired) electrons. The van der Waals surface area contributed by atoms with Crippen LogP contribution in [-0.2, 0) is 27.4 Å². The van der Waals surface area contributed by atoms with E-state index < -0.39 is 24.5 Å². The summed E-state index contributed by atoms with van der Waals surface area (Å²) in [7, 11) is 0. The third-order valence-corrected chi connectivity index (χ3v) is 5.69. The lowest BCUT2D eigenvalue weighted by atomic mass is 10.1. The molecule has 34 heavy (non-hydrogen) atoms. The smallest absolute Gasteiger partial charge is 0.240 e. The van der Waals surface area contributed by atoms with Crippen molar-refractivity contribution in [2.24, 2.45) is 0 Å². The average Bonchev–Trinajstić information content (AvgIpc) is 3.40. The highest BCUT2D eigenvalue weighted by molar-refractivity contribution is 5.60. The number of fused-ring (bicyclic) bond motifs is 1. The van der Waals surface area contributed by atoms with Gasteiger partial charge in [0, 0.05) is 0 Å². The van der Waals surface area contributed by atoms with Gasteiger partial charge in [-0.25, -0.2) is 13.9 Å². The predicted molar refractivity (Wildman–Crippen MR) is 123 cm³/mol. The Morgan fingerprint density at radius 3 is 2.35 bits per heavy atom. The molecule has 0 aliphatic carbocycles. The predicted octanol–water partition coefficient (Wildman–Crippen LogP) is 2.87. The number of imidazole rings is 1. The molecule has 0 unspecified atom stereocenters. The molecule has 10 heteroatoms. The van der Waals surface area contributed by atoms with Crippen LogP contribution in [0.1, 0.15) is 22.9 Å². The van der Waals surface area contributed by atoms with E-state index in [4.69, 9.17) is 25.7 Å². The molecule has 4 N–H and O–H groups in total. The molecule has 5 rings (SSSR count). The summed E-state index contributed by atoms with van der Waals surface area (Å²) in [5.74, 6) is 0.0593. The van der Waals surface area contributed by atoms with Gasteiger partial charge in [-0.1, -0.05) is 60.7 Å². The monoisotopic (exact) mass is 464 g/mol. The third kappa shape index (κ3) is 4.56. The fourth-order valence-corrected chi connectivity index (χ4v) is 4.05. The fourth-order valence-electron chi connectivity index (χ4n) is 4.05. The van der Waals surface area contributed by atoms with E-state index in [-0.39, 0.29) is 30.6 Å². The van der Waals surface area contributed by atoms with Crippen molar-refractivity contribution in [2.75, 3.05) is 18.1 Å². The fraction of sp³-hybridized carbons (Fsp3) is 0.292. The zero-order chi connectivity index (χ0) is 23.5. The molecule has 4 aromatic rings. The minimum Gasteiger partial charge on any atom is -0.380 e. The van der Waals surface area contributed by atoms with Gasteiger partial charge in [-0.3, -0.25) is 0 Å². The normalized spacial score (nSPS) is 22.4. The van der Waals surface area contributed by atoms with Crippen molar-refractivity contribution in [3.05, 3.63) is 83.7 Å². The van der Waals surface area contributed by atoms with Crippen LogP contribution in [0.5, 0.6) is 0 Å². The molecular formula is C24H25FN6O3. The number of ether oxygens (including phenoxy) is 3. The number of benzene rings is 2. The summed E-state index contributed by atoms with van der Waals surface area (Å²) in [5, 5.41) is 4.14. The molecule has 4 atom stereocenters. The standard InChI is InChI=1S/C24H25FN6O3/c25-19-20(17-11-28-23-22(26)29-24(27)30-31(17)23)34-18(14-32-12-15-7-3-1-4-8-15)21(19)33-13-16-9-5-2-6-10-16/h1-11,18-21H,12-14H2,(H4,26,27,29,30)/t18-,19+,20+,21-/m1/s1. The zero-order valence-electron chi connectivity index (χ0n) is 18.3. The first-order chi connectivity index (χ1) is 16.6. The molecule has 0 spiro atoms. The van der Waals surface area contributed by atoms with E-state index in [0.717, 1.165) is 11.1 Å². The maximum absolute atomic E-state index is 15.8. The molecule has 2 aromatic carbocycles. The first-order valence-corrected chi connectivity index (χ1v) is 10.9. The van der Waals surface area contributed by atoms with Gasteiger partial charge in [-0.2, -0.15) is 4.98 Å². The van der Waals surface area contributed by atoms with E-state index in [0.29, 0.717) is 12.3 Å². The van der Waals surface area contributed by atoms with E-state index >= 15 is 4.39 Å². The highest BCUT2D eigenvalue weighted by Gasteiger charge is 2.48. The minimum atomic E-state index is -1.49. The van der Waals surface area contributed by atoms with E-state index in [1.54, 1.807) is 0 Å². The second-order valence-electron chi connectivity index (χ2n) is 8.08. The minimum absolute atomic E-state index is 0.0442. The van der Waals surface area contributed by atoms with Crippen LogP contribution in [0.25, 0.3) is 5.65 Å². The summed E-state index contributed by atoms with van der Waals surface area (Å²) >= 11 is 0. The number of halogens is 1. The molecule has 0 saturated carbocycles. The first kappa shape index (κ1) is 22.2. The van der Waals surface area contributed by atoms with Gasteiger partial charge >= 0.3 is 0 Å². The maximum atomic E-state index is 15.8. The van der Waals surface area contributed by atoms with Crippen molar-refractivity contribution in [1.82, 2.24) is 19.6 Å². The zero-order valence-corrected chi connectivity index (χ0v) is 18.3. The lowest BCUT2D eigenvalue weighted by Crippen LogP contribution is -2.34. The summed E-state index contributed by atoms with van der Waals surface area (Å²) in [6, 6.07) is 19.3. The molecule has 1 aliphatic rings. The van der Waals surface area contributed by atoms with Crippen LogP contribution >= 0.6 is 0 Å². The molecule has 0 amide bonds. The molecule has 176 valence electrons. The maximum Gasteiger partial charge on any atom is 0.240 e. The van der Waals surface area contributed by atoms with Crippen LogP contribution in [0.15, 0.2) is 66.9 Å². The number of nitrogen functional groups attached to an aromatic ring is 2. The van der Waals surface area contributed by atoms with Crippen molar-refractivity contribution in [3.8, 4) is 0 Å². The summed E-state index contributed by atoms with van der Waals surface area (Å²) < 4.78 is 35.2. The van der Waals surface area contributed by atoms with Gasteiger partial charge in [0.05, 0.1) is 31.7 Å². The molecular weight excluding hydrogens is 439 g/mol. The van der Waals surface area contributed by atoms with Crippen LogP contribution in [-0.4, -0.2) is 44.6 Å². The number of aromatic nitrogens is 4. The van der Waals surface area contributed by atoms with E-state index in [2.05, 4.69) is 15.1 Å². The molecule has 9 nitrogen and oxygen atoms in total. The number of hydrogen-bond donors (Lipinski definition) is 2. The number of anilines is 2. The number of hydrogen-bond acceptors (Lipinski definition) is 8. The summed E-state index contributed by atoms with van der Waals surface area (Å²) in [6.45, 7) is 0.775. The molecule has 1 saturated heterocycles. The van der Waals surface area contributed by atoms with Gasteiger partial charge < -0.3 is 25.7 Å². The van der Waals surface area contributed by atoms with Gasteiger partial charge in [0.25, 0.3) is 0 Å². The lowest BCUT2D eigenvalue weighted by molar-refractivity contribution is -0.0742. The largest absolute Gasteiger partial charge is 0.380 e.